The molecule has 0 aliphatic carbocycles. The third-order valence-electron chi connectivity index (χ3n) is 6.43. The van der Waals surface area contributed by atoms with Crippen LogP contribution in [-0.2, 0) is 6.61 Å². The minimum absolute atomic E-state index is 0.145. The Morgan fingerprint density at radius 3 is 2.33 bits per heavy atom. The first-order valence-corrected chi connectivity index (χ1v) is 11.3. The summed E-state index contributed by atoms with van der Waals surface area (Å²) < 4.78 is 26.0. The van der Waals surface area contributed by atoms with Gasteiger partial charge in [-0.25, -0.2) is 4.39 Å². The van der Waals surface area contributed by atoms with Crippen molar-refractivity contribution in [1.29, 1.82) is 0 Å². The molecule has 0 spiro atoms. The lowest BCUT2D eigenvalue weighted by Crippen LogP contribution is -2.32. The average molecular weight is 446 g/mol. The number of anilines is 1. The number of aryl methyl sites for hydroxylation is 2. The van der Waals surface area contributed by atoms with E-state index in [1.54, 1.807) is 13.2 Å². The highest BCUT2D eigenvalue weighted by molar-refractivity contribution is 5.88. The molecule has 172 valence electrons. The lowest BCUT2D eigenvalue weighted by atomic mass is 9.85. The highest BCUT2D eigenvalue weighted by atomic mass is 19.1. The normalized spacial score (nSPS) is 14.2. The van der Waals surface area contributed by atoms with Crippen molar-refractivity contribution in [1.82, 2.24) is 0 Å². The van der Waals surface area contributed by atoms with Crippen molar-refractivity contribution in [2.75, 3.05) is 12.4 Å². The summed E-state index contributed by atoms with van der Waals surface area (Å²) in [6.07, 6.45) is 2.24. The zero-order chi connectivity index (χ0) is 23.9. The van der Waals surface area contributed by atoms with Crippen molar-refractivity contribution in [3.8, 4) is 22.6 Å². The molecule has 0 bridgehead atoms. The molecule has 3 aromatic rings. The molecule has 0 saturated heterocycles. The maximum absolute atomic E-state index is 13.9. The summed E-state index contributed by atoms with van der Waals surface area (Å²) in [7, 11) is 1.57. The first-order chi connectivity index (χ1) is 15.6. The number of allylic oxidation sites excluding steroid dienone is 1. The Morgan fingerprint density at radius 2 is 1.61 bits per heavy atom. The maximum atomic E-state index is 13.9. The molecule has 0 atom stereocenters. The van der Waals surface area contributed by atoms with E-state index in [4.69, 9.17) is 9.47 Å². The second-order valence-electron chi connectivity index (χ2n) is 9.48. The zero-order valence-corrected chi connectivity index (χ0v) is 20.5. The Kier molecular flexibility index (Phi) is 5.96. The summed E-state index contributed by atoms with van der Waals surface area (Å²) in [4.78, 5) is 0. The van der Waals surface area contributed by atoms with Gasteiger partial charge >= 0.3 is 0 Å². The molecule has 0 aromatic heterocycles. The molecule has 3 aromatic carbocycles. The number of benzene rings is 3. The lowest BCUT2D eigenvalue weighted by Gasteiger charge is -2.33. The number of halogens is 1. The van der Waals surface area contributed by atoms with E-state index in [-0.39, 0.29) is 11.4 Å². The van der Waals surface area contributed by atoms with E-state index in [0.717, 1.165) is 44.8 Å². The first kappa shape index (κ1) is 22.9. The number of hydrogen-bond donors (Lipinski definition) is 1. The van der Waals surface area contributed by atoms with E-state index in [0.29, 0.717) is 12.4 Å². The van der Waals surface area contributed by atoms with Crippen LogP contribution >= 0.6 is 0 Å². The number of rotatable bonds is 5. The van der Waals surface area contributed by atoms with Crippen LogP contribution in [0.25, 0.3) is 16.7 Å². The van der Waals surface area contributed by atoms with Crippen LogP contribution in [0.15, 0.2) is 48.5 Å². The van der Waals surface area contributed by atoms with Gasteiger partial charge in [0.25, 0.3) is 0 Å². The van der Waals surface area contributed by atoms with E-state index in [2.05, 4.69) is 77.2 Å². The van der Waals surface area contributed by atoms with Gasteiger partial charge < -0.3 is 14.8 Å². The van der Waals surface area contributed by atoms with Crippen molar-refractivity contribution in [2.45, 2.75) is 53.7 Å². The molecule has 4 rings (SSSR count). The van der Waals surface area contributed by atoms with Gasteiger partial charge in [-0.05, 0) is 87.6 Å². The Bertz CT molecular complexity index is 1260. The molecular weight excluding hydrogens is 413 g/mol. The number of fused-ring (bicyclic) bond motifs is 1. The molecule has 4 heteroatoms. The van der Waals surface area contributed by atoms with Gasteiger partial charge in [0.1, 0.15) is 23.9 Å². The molecule has 0 fully saturated rings. The summed E-state index contributed by atoms with van der Waals surface area (Å²) in [5, 5.41) is 3.63. The molecule has 3 nitrogen and oxygen atoms in total. The van der Waals surface area contributed by atoms with Gasteiger partial charge in [-0.2, -0.15) is 0 Å². The smallest absolute Gasteiger partial charge is 0.129 e. The van der Waals surface area contributed by atoms with Crippen molar-refractivity contribution >= 4 is 11.3 Å². The van der Waals surface area contributed by atoms with Crippen LogP contribution in [0.1, 0.15) is 48.6 Å². The summed E-state index contributed by atoms with van der Waals surface area (Å²) in [5.74, 6) is 1.09. The van der Waals surface area contributed by atoms with Crippen LogP contribution in [-0.4, -0.2) is 12.6 Å². The predicted octanol–water partition coefficient (Wildman–Crippen LogP) is 7.61. The van der Waals surface area contributed by atoms with Crippen LogP contribution in [0.5, 0.6) is 11.5 Å². The van der Waals surface area contributed by atoms with Gasteiger partial charge in [0, 0.05) is 28.4 Å². The van der Waals surface area contributed by atoms with E-state index in [1.165, 1.54) is 23.3 Å². The van der Waals surface area contributed by atoms with E-state index < -0.39 is 0 Å². The standard InChI is InChI=1S/C29H32FNO2/c1-17-8-9-18(2)28(20(17)4)33-16-24-22(23-11-10-21(30)14-26(23)32-7)12-13-25-27(24)19(3)15-29(5,6)31-25/h8-15,31H,16H2,1-7H3. The van der Waals surface area contributed by atoms with Crippen LogP contribution in [0.4, 0.5) is 10.1 Å². The van der Waals surface area contributed by atoms with Gasteiger partial charge in [0.15, 0.2) is 0 Å². The number of ether oxygens (including phenoxy) is 2. The van der Waals surface area contributed by atoms with Gasteiger partial charge in [0.2, 0.25) is 0 Å². The number of methoxy groups -OCH3 is 1. The van der Waals surface area contributed by atoms with Gasteiger partial charge in [0.05, 0.1) is 12.6 Å². The second kappa shape index (κ2) is 8.58. The van der Waals surface area contributed by atoms with Gasteiger partial charge in [-0.1, -0.05) is 24.3 Å². The zero-order valence-electron chi connectivity index (χ0n) is 20.5. The molecule has 1 N–H and O–H groups in total. The molecular formula is C29H32FNO2. The highest BCUT2D eigenvalue weighted by Gasteiger charge is 2.27. The molecule has 0 saturated carbocycles. The Balaban J connectivity index is 1.89. The van der Waals surface area contributed by atoms with Gasteiger partial charge in [-0.15, -0.1) is 0 Å². The molecule has 0 radical (unpaired) electrons. The molecule has 1 aliphatic heterocycles. The van der Waals surface area contributed by atoms with E-state index in [9.17, 15) is 4.39 Å². The first-order valence-electron chi connectivity index (χ1n) is 11.3. The Hall–Kier alpha value is -3.27. The minimum atomic E-state index is -0.322. The summed E-state index contributed by atoms with van der Waals surface area (Å²) in [6.45, 7) is 13.1. The van der Waals surface area contributed by atoms with Crippen LogP contribution in [0, 0.1) is 26.6 Å². The molecule has 0 unspecified atom stereocenters. The summed E-state index contributed by atoms with van der Waals surface area (Å²) in [5.41, 5.74) is 9.56. The second-order valence-corrected chi connectivity index (χ2v) is 9.48. The maximum Gasteiger partial charge on any atom is 0.129 e. The van der Waals surface area contributed by atoms with Gasteiger partial charge in [-0.3, -0.25) is 0 Å². The van der Waals surface area contributed by atoms with Crippen molar-refractivity contribution in [2.24, 2.45) is 0 Å². The topological polar surface area (TPSA) is 30.5 Å². The lowest BCUT2D eigenvalue weighted by molar-refractivity contribution is 0.302. The van der Waals surface area contributed by atoms with Crippen LogP contribution in [0.3, 0.4) is 0 Å². The summed E-state index contributed by atoms with van der Waals surface area (Å²) in [6, 6.07) is 13.1. The predicted molar refractivity (Wildman–Crippen MR) is 135 cm³/mol. The molecule has 1 aliphatic rings. The van der Waals surface area contributed by atoms with E-state index in [1.807, 2.05) is 0 Å². The highest BCUT2D eigenvalue weighted by Crippen LogP contribution is 2.43. The number of hydrogen-bond acceptors (Lipinski definition) is 3. The third kappa shape index (κ3) is 4.35. The fourth-order valence-electron chi connectivity index (χ4n) is 4.78. The monoisotopic (exact) mass is 445 g/mol. The van der Waals surface area contributed by atoms with E-state index >= 15 is 0 Å². The third-order valence-corrected chi connectivity index (χ3v) is 6.43. The molecule has 0 amide bonds. The van der Waals surface area contributed by atoms with Crippen LogP contribution in [0.2, 0.25) is 0 Å². The fourth-order valence-corrected chi connectivity index (χ4v) is 4.78. The average Bonchev–Trinajstić information content (AvgIpc) is 2.75. The Morgan fingerprint density at radius 1 is 0.909 bits per heavy atom. The number of nitrogens with one attached hydrogen (secondary N) is 1. The minimum Gasteiger partial charge on any atom is -0.496 e. The SMILES string of the molecule is COc1cc(F)ccc1-c1ccc2c(c1COc1c(C)ccc(C)c1C)C(C)=CC(C)(C)N2. The van der Waals surface area contributed by atoms with Crippen molar-refractivity contribution < 1.29 is 13.9 Å². The largest absolute Gasteiger partial charge is 0.496 e. The Labute approximate surface area is 196 Å². The summed E-state index contributed by atoms with van der Waals surface area (Å²) >= 11 is 0. The fraction of sp³-hybridized carbons (Fsp3) is 0.310. The van der Waals surface area contributed by atoms with Crippen LogP contribution < -0.4 is 14.8 Å². The quantitative estimate of drug-likeness (QED) is 0.438. The van der Waals surface area contributed by atoms with Crippen molar-refractivity contribution in [3.05, 3.63) is 82.2 Å². The molecule has 33 heavy (non-hydrogen) atoms. The van der Waals surface area contributed by atoms with Crippen molar-refractivity contribution in [3.63, 3.8) is 0 Å². The molecule has 1 heterocycles.